The van der Waals surface area contributed by atoms with Crippen LogP contribution in [0.15, 0.2) is 0 Å². The molecule has 0 spiro atoms. The van der Waals surface area contributed by atoms with Gasteiger partial charge in [0.15, 0.2) is 16.6 Å². The van der Waals surface area contributed by atoms with Gasteiger partial charge in [-0.2, -0.15) is 57.1 Å². The van der Waals surface area contributed by atoms with Crippen molar-refractivity contribution in [3.05, 3.63) is 0 Å². The van der Waals surface area contributed by atoms with Crippen LogP contribution < -0.4 is 0 Å². The Balaban J connectivity index is 2.91. The van der Waals surface area contributed by atoms with E-state index in [1.54, 1.807) is 26.2 Å². The minimum atomic E-state index is -7.92. The van der Waals surface area contributed by atoms with E-state index in [1.165, 1.54) is 26.2 Å². The number of halogens is 13. The second-order valence-corrected chi connectivity index (χ2v) is 34.0. The van der Waals surface area contributed by atoms with Crippen molar-refractivity contribution >= 4 is 42.3 Å². The van der Waals surface area contributed by atoms with Crippen molar-refractivity contribution in [2.75, 3.05) is 19.8 Å². The Hall–Kier alpha value is -0.0656. The highest BCUT2D eigenvalue weighted by Gasteiger charge is 2.90. The van der Waals surface area contributed by atoms with Gasteiger partial charge in [0.25, 0.3) is 0 Å². The van der Waals surface area contributed by atoms with Gasteiger partial charge in [0.05, 0.1) is 13.2 Å². The predicted molar refractivity (Wildman–Crippen MR) is 162 cm³/mol. The molecule has 0 aromatic carbocycles. The van der Waals surface area contributed by atoms with Crippen molar-refractivity contribution in [1.29, 1.82) is 0 Å². The third-order valence-corrected chi connectivity index (χ3v) is 26.1. The minimum Gasteiger partial charge on any atom is -0.436 e. The predicted octanol–water partition coefficient (Wildman–Crippen LogP) is 9.50. The molecule has 48 heavy (non-hydrogen) atoms. The Morgan fingerprint density at radius 3 is 1.31 bits per heavy atom. The van der Waals surface area contributed by atoms with E-state index in [2.05, 4.69) is 0 Å². The summed E-state index contributed by atoms with van der Waals surface area (Å²) in [5.41, 5.74) is 0. The fraction of sp³-hybridized carbons (Fsp3) is 1.00. The maximum absolute atomic E-state index is 14.4. The Morgan fingerprint density at radius 2 is 0.917 bits per heavy atom. The SMILES string of the molecule is C[Si](C)(CCCOCC1CO1)O[Si](C)(C)O[Si](C)(C)O[Si](C)(C)O[Si](C)(C)CCC(F)(F)C(F)(F)C(F)(F)C(F)(F)C(F)(F)C(F)(F)F. The molecular weight excluding hydrogens is 772 g/mol. The Labute approximate surface area is 277 Å². The van der Waals surface area contributed by atoms with Crippen LogP contribution in [0.25, 0.3) is 0 Å². The van der Waals surface area contributed by atoms with Crippen LogP contribution in [0.4, 0.5) is 57.1 Å². The van der Waals surface area contributed by atoms with E-state index >= 15 is 0 Å². The number of hydrogen-bond donors (Lipinski definition) is 0. The van der Waals surface area contributed by atoms with Crippen LogP contribution in [0.2, 0.25) is 77.6 Å². The molecule has 0 bridgehead atoms. The first kappa shape index (κ1) is 46.0. The molecule has 1 aliphatic heterocycles. The Morgan fingerprint density at radius 1 is 0.542 bits per heavy atom. The lowest BCUT2D eigenvalue weighted by molar-refractivity contribution is -0.439. The third kappa shape index (κ3) is 12.0. The second-order valence-electron chi connectivity index (χ2n) is 14.3. The topological polar surface area (TPSA) is 58.7 Å². The fourth-order valence-corrected chi connectivity index (χ4v) is 29.5. The summed E-state index contributed by atoms with van der Waals surface area (Å²) < 4.78 is 211. The molecule has 1 atom stereocenters. The molecule has 1 saturated heterocycles. The van der Waals surface area contributed by atoms with Gasteiger partial charge in [-0.1, -0.05) is 0 Å². The quantitative estimate of drug-likeness (QED) is 0.0498. The summed E-state index contributed by atoms with van der Waals surface area (Å²) in [5, 5.41) is 0. The largest absolute Gasteiger partial charge is 0.460 e. The molecule has 0 amide bonds. The van der Waals surface area contributed by atoms with Gasteiger partial charge in [-0.05, 0) is 84.0 Å². The summed E-state index contributed by atoms with van der Waals surface area (Å²) >= 11 is 0. The van der Waals surface area contributed by atoms with Gasteiger partial charge >= 0.3 is 61.5 Å². The summed E-state index contributed by atoms with van der Waals surface area (Å²) in [6.45, 7) is 18.1. The fourth-order valence-electron chi connectivity index (χ4n) is 5.08. The van der Waals surface area contributed by atoms with E-state index in [9.17, 15) is 57.1 Å². The monoisotopic (exact) mass is 816 g/mol. The van der Waals surface area contributed by atoms with E-state index in [0.717, 1.165) is 12.5 Å². The normalized spacial score (nSPS) is 18.4. The molecule has 0 radical (unpaired) electrons. The number of rotatable bonds is 21. The summed E-state index contributed by atoms with van der Waals surface area (Å²) in [4.78, 5) is 0. The smallest absolute Gasteiger partial charge is 0.436 e. The molecule has 1 unspecified atom stereocenters. The van der Waals surface area contributed by atoms with Crippen LogP contribution in [0, 0.1) is 0 Å². The van der Waals surface area contributed by atoms with Crippen LogP contribution in [0.3, 0.4) is 0 Å². The van der Waals surface area contributed by atoms with Crippen molar-refractivity contribution in [1.82, 2.24) is 0 Å². The van der Waals surface area contributed by atoms with Gasteiger partial charge in [0.1, 0.15) is 6.10 Å². The minimum absolute atomic E-state index is 0.154. The molecule has 0 aliphatic carbocycles. The maximum atomic E-state index is 14.4. The first-order valence-corrected chi connectivity index (χ1v) is 29.5. The zero-order chi connectivity index (χ0) is 38.3. The van der Waals surface area contributed by atoms with Gasteiger partial charge < -0.3 is 25.9 Å². The highest BCUT2D eigenvalue weighted by molar-refractivity contribution is 6.90. The van der Waals surface area contributed by atoms with Crippen molar-refractivity contribution in [3.8, 4) is 0 Å². The molecule has 0 aromatic rings. The summed E-state index contributed by atoms with van der Waals surface area (Å²) in [6.07, 6.45) is -8.84. The van der Waals surface area contributed by atoms with Crippen LogP contribution in [0.5, 0.6) is 0 Å². The van der Waals surface area contributed by atoms with E-state index in [-0.39, 0.29) is 6.10 Å². The number of hydrogen-bond acceptors (Lipinski definition) is 6. The van der Waals surface area contributed by atoms with Gasteiger partial charge in [-0.25, -0.2) is 0 Å². The second kappa shape index (κ2) is 14.8. The van der Waals surface area contributed by atoms with E-state index in [0.29, 0.717) is 19.8 Å². The first-order chi connectivity index (χ1) is 20.9. The molecule has 0 N–H and O–H groups in total. The molecule has 1 rings (SSSR count). The van der Waals surface area contributed by atoms with Gasteiger partial charge in [-0.3, -0.25) is 0 Å². The number of ether oxygens (including phenoxy) is 2. The zero-order valence-electron chi connectivity index (χ0n) is 28.4. The number of alkyl halides is 13. The highest BCUT2D eigenvalue weighted by atomic mass is 28.5. The molecule has 1 heterocycles. The lowest BCUT2D eigenvalue weighted by Gasteiger charge is -2.43. The molecule has 24 heteroatoms. The molecular formula is C24H45F13O6Si5. The van der Waals surface area contributed by atoms with E-state index in [4.69, 9.17) is 25.9 Å². The van der Waals surface area contributed by atoms with Crippen molar-refractivity contribution < 1.29 is 83.0 Å². The van der Waals surface area contributed by atoms with Crippen LogP contribution in [-0.2, 0) is 25.9 Å². The van der Waals surface area contributed by atoms with E-state index < -0.39 is 90.6 Å². The molecule has 288 valence electrons. The first-order valence-electron chi connectivity index (χ1n) is 14.8. The molecule has 1 fully saturated rings. The number of epoxide rings is 1. The summed E-state index contributed by atoms with van der Waals surface area (Å²) in [6, 6.07) is -0.349. The third-order valence-electron chi connectivity index (χ3n) is 6.84. The highest BCUT2D eigenvalue weighted by Crippen LogP contribution is 2.61. The summed E-state index contributed by atoms with van der Waals surface area (Å²) in [7, 11) is -15.2. The molecule has 0 aromatic heterocycles. The van der Waals surface area contributed by atoms with Crippen LogP contribution in [-0.4, -0.2) is 104 Å². The lowest BCUT2D eigenvalue weighted by Crippen LogP contribution is -2.70. The standard InChI is InChI=1S/C24H45F13O6Si5/c1-44(2,14-11-13-38-16-18-17-39-18)40-46(5,6)42-48(9,10)43-47(7,8)41-45(3,4)15-12-19(25,26)20(27,28)21(29,30)22(31,32)23(33,34)24(35,36)37/h18H,11-17H2,1-10H3. The van der Waals surface area contributed by atoms with E-state index in [1.807, 2.05) is 13.1 Å². The zero-order valence-corrected chi connectivity index (χ0v) is 33.4. The van der Waals surface area contributed by atoms with Crippen molar-refractivity contribution in [2.24, 2.45) is 0 Å². The van der Waals surface area contributed by atoms with Crippen molar-refractivity contribution in [3.63, 3.8) is 0 Å². The summed E-state index contributed by atoms with van der Waals surface area (Å²) in [5.74, 6) is -37.0. The Bertz CT molecular complexity index is 1070. The Kier molecular flexibility index (Phi) is 14.1. The maximum Gasteiger partial charge on any atom is 0.460 e. The molecule has 0 saturated carbocycles. The van der Waals surface area contributed by atoms with Gasteiger partial charge in [0.2, 0.25) is 0 Å². The van der Waals surface area contributed by atoms with Crippen molar-refractivity contribution in [2.45, 2.75) is 132 Å². The van der Waals surface area contributed by atoms with Crippen LogP contribution in [0.1, 0.15) is 12.8 Å². The molecule has 1 aliphatic rings. The van der Waals surface area contributed by atoms with Gasteiger partial charge in [-0.15, -0.1) is 0 Å². The lowest BCUT2D eigenvalue weighted by atomic mass is 9.93. The average Bonchev–Trinajstić information content (AvgIpc) is 3.62. The van der Waals surface area contributed by atoms with Gasteiger partial charge in [0, 0.05) is 13.0 Å². The van der Waals surface area contributed by atoms with Crippen LogP contribution >= 0.6 is 0 Å². The molecule has 6 nitrogen and oxygen atoms in total. The average molecular weight is 817 g/mol.